The van der Waals surface area contributed by atoms with Gasteiger partial charge < -0.3 is 4.74 Å². The summed E-state index contributed by atoms with van der Waals surface area (Å²) < 4.78 is 19.4. The second kappa shape index (κ2) is 6.48. The van der Waals surface area contributed by atoms with Crippen LogP contribution in [0.3, 0.4) is 0 Å². The van der Waals surface area contributed by atoms with E-state index in [0.29, 0.717) is 10.8 Å². The summed E-state index contributed by atoms with van der Waals surface area (Å²) in [6.07, 6.45) is -0.161. The normalized spacial score (nSPS) is 12.5. The molecular weight excluding hydrogens is 287 g/mol. The van der Waals surface area contributed by atoms with Crippen molar-refractivity contribution >= 4 is 11.6 Å². The zero-order chi connectivity index (χ0) is 15.6. The van der Waals surface area contributed by atoms with E-state index in [1.165, 1.54) is 12.1 Å². The monoisotopic (exact) mass is 306 g/mol. The maximum absolute atomic E-state index is 13.3. The summed E-state index contributed by atoms with van der Waals surface area (Å²) in [5.74, 6) is 0.670. The number of ether oxygens (including phenoxy) is 1. The van der Waals surface area contributed by atoms with Crippen LogP contribution < -0.4 is 4.74 Å². The zero-order valence-corrected chi connectivity index (χ0v) is 13.5. The first-order valence-electron chi connectivity index (χ1n) is 7.07. The molecular formula is C18H20ClFO. The van der Waals surface area contributed by atoms with Gasteiger partial charge in [0.1, 0.15) is 17.7 Å². The highest BCUT2D eigenvalue weighted by atomic mass is 35.5. The zero-order valence-electron chi connectivity index (χ0n) is 12.8. The van der Waals surface area contributed by atoms with Crippen LogP contribution >= 0.6 is 11.6 Å². The molecule has 3 heteroatoms. The first-order chi connectivity index (χ1) is 9.88. The van der Waals surface area contributed by atoms with Crippen molar-refractivity contribution < 1.29 is 9.13 Å². The first-order valence-corrected chi connectivity index (χ1v) is 7.45. The van der Waals surface area contributed by atoms with Gasteiger partial charge in [-0.05, 0) is 60.7 Å². The molecule has 0 amide bonds. The lowest BCUT2D eigenvalue weighted by atomic mass is 9.95. The summed E-state index contributed by atoms with van der Waals surface area (Å²) in [5, 5.41) is 0.598. The van der Waals surface area contributed by atoms with E-state index in [-0.39, 0.29) is 17.8 Å². The summed E-state index contributed by atoms with van der Waals surface area (Å²) in [6, 6.07) is 10.5. The van der Waals surface area contributed by atoms with Gasteiger partial charge in [-0.2, -0.15) is 0 Å². The van der Waals surface area contributed by atoms with Gasteiger partial charge in [-0.3, -0.25) is 0 Å². The summed E-state index contributed by atoms with van der Waals surface area (Å²) in [4.78, 5) is 0. The molecule has 0 heterocycles. The van der Waals surface area contributed by atoms with Gasteiger partial charge in [-0.25, -0.2) is 4.39 Å². The predicted molar refractivity (Wildman–Crippen MR) is 85.5 cm³/mol. The second-order valence-corrected chi connectivity index (χ2v) is 6.12. The fourth-order valence-electron chi connectivity index (χ4n) is 2.36. The standard InChI is InChI=1S/C18H20ClFO/c1-11(2)18(15-7-6-14(20)10-13(15)4)21-17-8-5-12(3)9-16(17)19/h5-11,18H,1-4H3/t18-/m0/s1. The summed E-state index contributed by atoms with van der Waals surface area (Å²) in [5.41, 5.74) is 2.96. The van der Waals surface area contributed by atoms with Gasteiger partial charge in [0, 0.05) is 0 Å². The Morgan fingerprint density at radius 2 is 1.76 bits per heavy atom. The van der Waals surface area contributed by atoms with Crippen LogP contribution in [0, 0.1) is 25.6 Å². The number of hydrogen-bond acceptors (Lipinski definition) is 1. The highest BCUT2D eigenvalue weighted by Gasteiger charge is 2.21. The molecule has 0 fully saturated rings. The van der Waals surface area contributed by atoms with Crippen molar-refractivity contribution in [3.8, 4) is 5.75 Å². The van der Waals surface area contributed by atoms with E-state index in [0.717, 1.165) is 16.7 Å². The van der Waals surface area contributed by atoms with Crippen LogP contribution in [0.5, 0.6) is 5.75 Å². The molecule has 0 saturated heterocycles. The van der Waals surface area contributed by atoms with E-state index in [9.17, 15) is 4.39 Å². The van der Waals surface area contributed by atoms with Crippen molar-refractivity contribution in [1.29, 1.82) is 0 Å². The third-order valence-corrected chi connectivity index (χ3v) is 3.78. The molecule has 0 bridgehead atoms. The van der Waals surface area contributed by atoms with Crippen molar-refractivity contribution in [2.75, 3.05) is 0 Å². The Hall–Kier alpha value is -1.54. The van der Waals surface area contributed by atoms with Crippen LogP contribution in [0.1, 0.15) is 36.6 Å². The van der Waals surface area contributed by atoms with Crippen LogP contribution in [0.2, 0.25) is 5.02 Å². The highest BCUT2D eigenvalue weighted by Crippen LogP contribution is 2.34. The molecule has 2 rings (SSSR count). The van der Waals surface area contributed by atoms with Gasteiger partial charge in [0.25, 0.3) is 0 Å². The van der Waals surface area contributed by atoms with Gasteiger partial charge in [0.05, 0.1) is 5.02 Å². The highest BCUT2D eigenvalue weighted by molar-refractivity contribution is 6.32. The number of aryl methyl sites for hydroxylation is 2. The summed E-state index contributed by atoms with van der Waals surface area (Å²) in [7, 11) is 0. The third-order valence-electron chi connectivity index (χ3n) is 3.49. The molecule has 0 saturated carbocycles. The Morgan fingerprint density at radius 3 is 2.33 bits per heavy atom. The average Bonchev–Trinajstić information content (AvgIpc) is 2.38. The van der Waals surface area contributed by atoms with Crippen molar-refractivity contribution in [2.45, 2.75) is 33.8 Å². The Balaban J connectivity index is 2.35. The molecule has 0 aliphatic heterocycles. The van der Waals surface area contributed by atoms with E-state index in [1.54, 1.807) is 6.07 Å². The number of rotatable bonds is 4. The summed E-state index contributed by atoms with van der Waals surface area (Å²) in [6.45, 7) is 8.04. The van der Waals surface area contributed by atoms with Gasteiger partial charge in [0.15, 0.2) is 0 Å². The fraction of sp³-hybridized carbons (Fsp3) is 0.333. The average molecular weight is 307 g/mol. The second-order valence-electron chi connectivity index (χ2n) is 5.72. The Kier molecular flexibility index (Phi) is 4.89. The molecule has 0 aliphatic rings. The van der Waals surface area contributed by atoms with Crippen molar-refractivity contribution in [3.63, 3.8) is 0 Å². The molecule has 0 spiro atoms. The predicted octanol–water partition coefficient (Wildman–Crippen LogP) is 5.87. The Bertz CT molecular complexity index is 637. The van der Waals surface area contributed by atoms with Crippen molar-refractivity contribution in [1.82, 2.24) is 0 Å². The minimum atomic E-state index is -0.230. The third kappa shape index (κ3) is 3.76. The van der Waals surface area contributed by atoms with E-state index >= 15 is 0 Å². The first kappa shape index (κ1) is 15.8. The molecule has 0 radical (unpaired) electrons. The van der Waals surface area contributed by atoms with Gasteiger partial charge in [-0.1, -0.05) is 37.6 Å². The molecule has 1 atom stereocenters. The van der Waals surface area contributed by atoms with E-state index in [4.69, 9.17) is 16.3 Å². The summed E-state index contributed by atoms with van der Waals surface area (Å²) >= 11 is 6.25. The molecule has 0 aliphatic carbocycles. The van der Waals surface area contributed by atoms with Crippen LogP contribution in [0.25, 0.3) is 0 Å². The molecule has 21 heavy (non-hydrogen) atoms. The number of benzene rings is 2. The lowest BCUT2D eigenvalue weighted by Gasteiger charge is -2.25. The minimum Gasteiger partial charge on any atom is -0.484 e. The van der Waals surface area contributed by atoms with E-state index in [1.807, 2.05) is 32.0 Å². The molecule has 2 aromatic rings. The number of hydrogen-bond donors (Lipinski definition) is 0. The molecule has 2 aromatic carbocycles. The van der Waals surface area contributed by atoms with Crippen LogP contribution in [0.4, 0.5) is 4.39 Å². The van der Waals surface area contributed by atoms with Crippen LogP contribution in [0.15, 0.2) is 36.4 Å². The van der Waals surface area contributed by atoms with Crippen molar-refractivity contribution in [2.24, 2.45) is 5.92 Å². The SMILES string of the molecule is Cc1ccc(O[C@H](c2ccc(F)cc2C)C(C)C)c(Cl)c1. The fourth-order valence-corrected chi connectivity index (χ4v) is 2.63. The molecule has 0 N–H and O–H groups in total. The molecule has 0 unspecified atom stereocenters. The van der Waals surface area contributed by atoms with Gasteiger partial charge >= 0.3 is 0 Å². The Morgan fingerprint density at radius 1 is 1.05 bits per heavy atom. The van der Waals surface area contributed by atoms with E-state index < -0.39 is 0 Å². The van der Waals surface area contributed by atoms with Gasteiger partial charge in [-0.15, -0.1) is 0 Å². The maximum Gasteiger partial charge on any atom is 0.138 e. The molecule has 112 valence electrons. The molecule has 1 nitrogen and oxygen atoms in total. The van der Waals surface area contributed by atoms with Crippen LogP contribution in [-0.4, -0.2) is 0 Å². The smallest absolute Gasteiger partial charge is 0.138 e. The minimum absolute atomic E-state index is 0.161. The van der Waals surface area contributed by atoms with E-state index in [2.05, 4.69) is 13.8 Å². The largest absolute Gasteiger partial charge is 0.484 e. The van der Waals surface area contributed by atoms with Gasteiger partial charge in [0.2, 0.25) is 0 Å². The molecule has 0 aromatic heterocycles. The topological polar surface area (TPSA) is 9.23 Å². The maximum atomic E-state index is 13.3. The lowest BCUT2D eigenvalue weighted by Crippen LogP contribution is -2.16. The lowest BCUT2D eigenvalue weighted by molar-refractivity contribution is 0.153. The quantitative estimate of drug-likeness (QED) is 0.686. The number of halogens is 2. The van der Waals surface area contributed by atoms with Crippen LogP contribution in [-0.2, 0) is 0 Å². The Labute approximate surface area is 130 Å². The van der Waals surface area contributed by atoms with Crippen molar-refractivity contribution in [3.05, 3.63) is 63.9 Å².